The van der Waals surface area contributed by atoms with E-state index >= 15 is 0 Å². The van der Waals surface area contributed by atoms with Crippen molar-refractivity contribution in [3.63, 3.8) is 0 Å². The molecule has 28 heavy (non-hydrogen) atoms. The van der Waals surface area contributed by atoms with E-state index in [1.807, 2.05) is 23.6 Å². The van der Waals surface area contributed by atoms with Gasteiger partial charge in [0.2, 0.25) is 0 Å². The molecule has 0 N–H and O–H groups in total. The number of amides is 2. The van der Waals surface area contributed by atoms with Gasteiger partial charge in [0.15, 0.2) is 0 Å². The second-order valence-corrected chi connectivity index (χ2v) is 8.44. The first kappa shape index (κ1) is 17.6. The third-order valence-electron chi connectivity index (χ3n) is 5.77. The molecule has 0 bridgehead atoms. The number of ether oxygens (including phenoxy) is 1. The Morgan fingerprint density at radius 2 is 1.93 bits per heavy atom. The summed E-state index contributed by atoms with van der Waals surface area (Å²) in [5.41, 5.74) is 3.66. The Morgan fingerprint density at radius 1 is 1.07 bits per heavy atom. The van der Waals surface area contributed by atoms with Gasteiger partial charge in [0, 0.05) is 24.6 Å². The predicted octanol–water partition coefficient (Wildman–Crippen LogP) is 3.07. The standard InChI is InChI=1S/C22H22N2O3S/c25-21-19(18-8-4-12-28-18)20(22(26)24(21)14-17-7-3-11-27-17)23-10-9-15-5-1-2-6-16(15)13-23/h1-2,4-6,8,12,17H,3,7,9-11,13-14H2. The van der Waals surface area contributed by atoms with Crippen LogP contribution >= 0.6 is 11.3 Å². The molecule has 1 fully saturated rings. The molecule has 6 heteroatoms. The Morgan fingerprint density at radius 3 is 2.68 bits per heavy atom. The highest BCUT2D eigenvalue weighted by Gasteiger charge is 2.43. The van der Waals surface area contributed by atoms with E-state index in [0.29, 0.717) is 31.0 Å². The van der Waals surface area contributed by atoms with Gasteiger partial charge in [-0.25, -0.2) is 0 Å². The first-order valence-electron chi connectivity index (χ1n) is 9.80. The van der Waals surface area contributed by atoms with Crippen LogP contribution in [0.25, 0.3) is 5.57 Å². The fourth-order valence-electron chi connectivity index (χ4n) is 4.34. The smallest absolute Gasteiger partial charge is 0.278 e. The van der Waals surface area contributed by atoms with E-state index in [1.165, 1.54) is 27.4 Å². The monoisotopic (exact) mass is 394 g/mol. The van der Waals surface area contributed by atoms with Crippen LogP contribution in [0.3, 0.4) is 0 Å². The molecule has 0 aliphatic carbocycles. The second-order valence-electron chi connectivity index (χ2n) is 7.50. The topological polar surface area (TPSA) is 49.9 Å². The lowest BCUT2D eigenvalue weighted by molar-refractivity contribution is -0.139. The number of hydrogen-bond acceptors (Lipinski definition) is 5. The molecule has 1 saturated heterocycles. The zero-order valence-corrected chi connectivity index (χ0v) is 16.4. The van der Waals surface area contributed by atoms with Crippen LogP contribution in [0.1, 0.15) is 28.8 Å². The van der Waals surface area contributed by atoms with E-state index in [-0.39, 0.29) is 17.9 Å². The number of carbonyl (C=O) groups is 2. The third-order valence-corrected chi connectivity index (χ3v) is 6.66. The molecule has 3 aliphatic rings. The van der Waals surface area contributed by atoms with Crippen LogP contribution in [-0.2, 0) is 27.3 Å². The van der Waals surface area contributed by atoms with Gasteiger partial charge in [-0.15, -0.1) is 11.3 Å². The molecule has 4 heterocycles. The number of benzene rings is 1. The van der Waals surface area contributed by atoms with Crippen LogP contribution in [0.4, 0.5) is 0 Å². The van der Waals surface area contributed by atoms with Gasteiger partial charge in [-0.2, -0.15) is 0 Å². The zero-order chi connectivity index (χ0) is 19.1. The number of rotatable bonds is 4. The number of carbonyl (C=O) groups excluding carboxylic acids is 2. The SMILES string of the molecule is O=C1C(c2cccs2)=C(N2CCc3ccccc3C2)C(=O)N1CC1CCCO1. The molecule has 5 rings (SSSR count). The summed E-state index contributed by atoms with van der Waals surface area (Å²) >= 11 is 1.51. The van der Waals surface area contributed by atoms with Gasteiger partial charge < -0.3 is 9.64 Å². The van der Waals surface area contributed by atoms with Crippen molar-refractivity contribution in [2.75, 3.05) is 19.7 Å². The summed E-state index contributed by atoms with van der Waals surface area (Å²) in [6.45, 7) is 2.46. The van der Waals surface area contributed by atoms with E-state index in [2.05, 4.69) is 23.1 Å². The lowest BCUT2D eigenvalue weighted by atomic mass is 9.99. The fraction of sp³-hybridized carbons (Fsp3) is 0.364. The molecule has 2 amide bonds. The molecule has 1 aromatic heterocycles. The Labute approximate surface area is 168 Å². The second kappa shape index (κ2) is 7.18. The summed E-state index contributed by atoms with van der Waals surface area (Å²) < 4.78 is 5.69. The number of fused-ring (bicyclic) bond motifs is 1. The van der Waals surface area contributed by atoms with Crippen LogP contribution in [-0.4, -0.2) is 47.4 Å². The number of thiophene rings is 1. The van der Waals surface area contributed by atoms with Gasteiger partial charge in [0.1, 0.15) is 5.70 Å². The minimum Gasteiger partial charge on any atom is -0.376 e. The van der Waals surface area contributed by atoms with E-state index < -0.39 is 0 Å². The first-order chi connectivity index (χ1) is 13.7. The van der Waals surface area contributed by atoms with Crippen molar-refractivity contribution in [3.05, 3.63) is 63.5 Å². The molecule has 3 aliphatic heterocycles. The maximum atomic E-state index is 13.4. The molecular weight excluding hydrogens is 372 g/mol. The molecular formula is C22H22N2O3S. The molecule has 144 valence electrons. The number of imide groups is 1. The minimum absolute atomic E-state index is 0.0427. The van der Waals surface area contributed by atoms with Crippen molar-refractivity contribution in [1.82, 2.24) is 9.80 Å². The molecule has 0 radical (unpaired) electrons. The maximum Gasteiger partial charge on any atom is 0.278 e. The molecule has 5 nitrogen and oxygen atoms in total. The van der Waals surface area contributed by atoms with Gasteiger partial charge in [-0.1, -0.05) is 30.3 Å². The normalized spacial score (nSPS) is 22.4. The highest BCUT2D eigenvalue weighted by Crippen LogP contribution is 2.36. The first-order valence-corrected chi connectivity index (χ1v) is 10.7. The van der Waals surface area contributed by atoms with Crippen LogP contribution < -0.4 is 0 Å². The summed E-state index contributed by atoms with van der Waals surface area (Å²) in [6.07, 6.45) is 2.73. The van der Waals surface area contributed by atoms with Crippen LogP contribution in [0.5, 0.6) is 0 Å². The number of nitrogens with zero attached hydrogens (tertiary/aromatic N) is 2. The molecule has 1 unspecified atom stereocenters. The average Bonchev–Trinajstić information content (AvgIpc) is 3.46. The number of hydrogen-bond donors (Lipinski definition) is 0. The fourth-order valence-corrected chi connectivity index (χ4v) is 5.11. The van der Waals surface area contributed by atoms with Crippen molar-refractivity contribution < 1.29 is 14.3 Å². The van der Waals surface area contributed by atoms with Gasteiger partial charge >= 0.3 is 0 Å². The van der Waals surface area contributed by atoms with Gasteiger partial charge in [0.05, 0.1) is 18.2 Å². The Balaban J connectivity index is 1.50. The Hall–Kier alpha value is -2.44. The zero-order valence-electron chi connectivity index (χ0n) is 15.6. The van der Waals surface area contributed by atoms with Gasteiger partial charge in [-0.05, 0) is 41.8 Å². The van der Waals surface area contributed by atoms with E-state index in [4.69, 9.17) is 4.74 Å². The predicted molar refractivity (Wildman–Crippen MR) is 107 cm³/mol. The lowest BCUT2D eigenvalue weighted by Crippen LogP contribution is -2.40. The Kier molecular flexibility index (Phi) is 4.53. The van der Waals surface area contributed by atoms with E-state index in [0.717, 1.165) is 30.7 Å². The summed E-state index contributed by atoms with van der Waals surface area (Å²) in [6, 6.07) is 12.2. The maximum absolute atomic E-state index is 13.4. The van der Waals surface area contributed by atoms with E-state index in [9.17, 15) is 9.59 Å². The molecule has 0 spiro atoms. The van der Waals surface area contributed by atoms with Crippen LogP contribution in [0, 0.1) is 0 Å². The third kappa shape index (κ3) is 2.97. The summed E-state index contributed by atoms with van der Waals surface area (Å²) in [5.74, 6) is -0.361. The van der Waals surface area contributed by atoms with Crippen molar-refractivity contribution in [2.45, 2.75) is 31.9 Å². The molecule has 1 aromatic carbocycles. The summed E-state index contributed by atoms with van der Waals surface area (Å²) in [7, 11) is 0. The van der Waals surface area contributed by atoms with Crippen LogP contribution in [0.15, 0.2) is 47.5 Å². The van der Waals surface area contributed by atoms with E-state index in [1.54, 1.807) is 0 Å². The molecule has 0 saturated carbocycles. The van der Waals surface area contributed by atoms with Crippen molar-refractivity contribution in [2.24, 2.45) is 0 Å². The van der Waals surface area contributed by atoms with Gasteiger partial charge in [0.25, 0.3) is 11.8 Å². The highest BCUT2D eigenvalue weighted by atomic mass is 32.1. The van der Waals surface area contributed by atoms with Gasteiger partial charge in [-0.3, -0.25) is 14.5 Å². The summed E-state index contributed by atoms with van der Waals surface area (Å²) in [4.78, 5) is 31.0. The highest BCUT2D eigenvalue weighted by molar-refractivity contribution is 7.11. The Bertz CT molecular complexity index is 944. The lowest BCUT2D eigenvalue weighted by Gasteiger charge is -2.31. The largest absolute Gasteiger partial charge is 0.376 e. The summed E-state index contributed by atoms with van der Waals surface area (Å²) in [5, 5.41) is 1.95. The van der Waals surface area contributed by atoms with Crippen molar-refractivity contribution >= 4 is 28.7 Å². The van der Waals surface area contributed by atoms with Crippen LogP contribution in [0.2, 0.25) is 0 Å². The molecule has 1 atom stereocenters. The van der Waals surface area contributed by atoms with Crippen molar-refractivity contribution in [3.8, 4) is 0 Å². The average molecular weight is 394 g/mol. The quantitative estimate of drug-likeness (QED) is 0.748. The molecule has 2 aromatic rings. The van der Waals surface area contributed by atoms with Crippen molar-refractivity contribution in [1.29, 1.82) is 0 Å². The minimum atomic E-state index is -0.184.